The first-order valence-electron chi connectivity index (χ1n) is 5.12. The van der Waals surface area contributed by atoms with Crippen LogP contribution >= 0.6 is 23.2 Å². The molecule has 0 bridgehead atoms. The maximum Gasteiger partial charge on any atom is 0.151 e. The van der Waals surface area contributed by atoms with Gasteiger partial charge in [0.05, 0.1) is 30.8 Å². The van der Waals surface area contributed by atoms with Gasteiger partial charge in [0.1, 0.15) is 11.3 Å². The molecule has 2 atom stereocenters. The molecule has 2 unspecified atom stereocenters. The van der Waals surface area contributed by atoms with E-state index in [0.29, 0.717) is 24.1 Å². The zero-order valence-corrected chi connectivity index (χ0v) is 10.4. The average Bonchev–Trinajstić information content (AvgIpc) is 2.31. The largest absolute Gasteiger partial charge is 0.373 e. The third-order valence-electron chi connectivity index (χ3n) is 2.60. The summed E-state index contributed by atoms with van der Waals surface area (Å²) in [5, 5.41) is 0.560. The van der Waals surface area contributed by atoms with Crippen molar-refractivity contribution in [2.24, 2.45) is 0 Å². The molecule has 0 amide bonds. The number of rotatable bonds is 2. The number of halogens is 2. The molecule has 4 nitrogen and oxygen atoms in total. The van der Waals surface area contributed by atoms with Gasteiger partial charge in [-0.2, -0.15) is 0 Å². The van der Waals surface area contributed by atoms with E-state index in [2.05, 4.69) is 21.8 Å². The Balaban J connectivity index is 2.21. The fourth-order valence-electron chi connectivity index (χ4n) is 1.72. The molecule has 0 N–H and O–H groups in total. The molecule has 6 heteroatoms. The molecule has 1 aliphatic heterocycles. The van der Waals surface area contributed by atoms with Crippen LogP contribution in [0.1, 0.15) is 6.92 Å². The number of hydrogen-bond donors (Lipinski definition) is 0. The molecule has 0 spiro atoms. The van der Waals surface area contributed by atoms with Gasteiger partial charge in [0, 0.05) is 6.54 Å². The Bertz CT molecular complexity index is 364. The van der Waals surface area contributed by atoms with Crippen molar-refractivity contribution in [3.8, 4) is 0 Å². The lowest BCUT2D eigenvalue weighted by Crippen LogP contribution is -2.49. The first-order valence-corrected chi connectivity index (χ1v) is 6.03. The van der Waals surface area contributed by atoms with E-state index in [1.807, 2.05) is 0 Å². The average molecular weight is 262 g/mol. The van der Waals surface area contributed by atoms with Crippen LogP contribution in [0.25, 0.3) is 0 Å². The van der Waals surface area contributed by atoms with Gasteiger partial charge in [0.25, 0.3) is 0 Å². The Morgan fingerprint density at radius 3 is 3.12 bits per heavy atom. The molecule has 1 aromatic rings. The predicted octanol–water partition coefficient (Wildman–Crippen LogP) is 1.96. The van der Waals surface area contributed by atoms with Crippen LogP contribution in [0, 0.1) is 0 Å². The lowest BCUT2D eigenvalue weighted by molar-refractivity contribution is 0.0361. The zero-order valence-electron chi connectivity index (χ0n) is 8.94. The minimum Gasteiger partial charge on any atom is -0.373 e. The highest BCUT2D eigenvalue weighted by Crippen LogP contribution is 2.26. The van der Waals surface area contributed by atoms with Gasteiger partial charge < -0.3 is 9.64 Å². The Labute approximate surface area is 105 Å². The van der Waals surface area contributed by atoms with Crippen molar-refractivity contribution in [2.75, 3.05) is 23.9 Å². The molecule has 1 saturated heterocycles. The van der Waals surface area contributed by atoms with E-state index in [1.165, 1.54) is 6.33 Å². The van der Waals surface area contributed by atoms with Crippen molar-refractivity contribution in [3.05, 3.63) is 17.5 Å². The number of aromatic nitrogens is 2. The van der Waals surface area contributed by atoms with Crippen LogP contribution in [-0.2, 0) is 4.74 Å². The Kier molecular flexibility index (Phi) is 3.84. The molecule has 2 heterocycles. The first-order chi connectivity index (χ1) is 7.72. The fraction of sp³-hybridized carbons (Fsp3) is 0.600. The molecular weight excluding hydrogens is 249 g/mol. The van der Waals surface area contributed by atoms with Crippen LogP contribution in [-0.4, -0.2) is 41.1 Å². The number of hydrogen-bond acceptors (Lipinski definition) is 4. The van der Waals surface area contributed by atoms with E-state index in [9.17, 15) is 0 Å². The molecule has 0 aliphatic carbocycles. The van der Waals surface area contributed by atoms with Crippen LogP contribution in [0.4, 0.5) is 5.82 Å². The molecule has 88 valence electrons. The van der Waals surface area contributed by atoms with Gasteiger partial charge >= 0.3 is 0 Å². The van der Waals surface area contributed by atoms with Gasteiger partial charge in [-0.05, 0) is 6.92 Å². The van der Waals surface area contributed by atoms with Gasteiger partial charge in [-0.1, -0.05) is 11.6 Å². The number of anilines is 1. The second-order valence-corrected chi connectivity index (χ2v) is 4.52. The summed E-state index contributed by atoms with van der Waals surface area (Å²) in [7, 11) is 0. The maximum atomic E-state index is 6.07. The number of morpholine rings is 1. The smallest absolute Gasteiger partial charge is 0.151 e. The summed E-state index contributed by atoms with van der Waals surface area (Å²) in [5.74, 6) is 1.23. The highest BCUT2D eigenvalue weighted by Gasteiger charge is 2.27. The maximum absolute atomic E-state index is 6.07. The summed E-state index contributed by atoms with van der Waals surface area (Å²) in [5.41, 5.74) is 0. The van der Waals surface area contributed by atoms with Crippen LogP contribution in [0.3, 0.4) is 0 Å². The Morgan fingerprint density at radius 2 is 2.44 bits per heavy atom. The zero-order chi connectivity index (χ0) is 11.5. The molecule has 1 aliphatic rings. The third-order valence-corrected chi connectivity index (χ3v) is 3.21. The molecule has 2 rings (SSSR count). The van der Waals surface area contributed by atoms with Crippen LogP contribution in [0.15, 0.2) is 12.5 Å². The summed E-state index contributed by atoms with van der Waals surface area (Å²) < 4.78 is 5.57. The summed E-state index contributed by atoms with van der Waals surface area (Å²) in [6, 6.07) is 0.242. The third kappa shape index (κ3) is 2.39. The molecule has 0 aromatic carbocycles. The topological polar surface area (TPSA) is 38.2 Å². The van der Waals surface area contributed by atoms with Crippen molar-refractivity contribution in [3.63, 3.8) is 0 Å². The summed E-state index contributed by atoms with van der Waals surface area (Å²) in [6.07, 6.45) is 3.13. The van der Waals surface area contributed by atoms with Gasteiger partial charge in [0.15, 0.2) is 5.82 Å². The van der Waals surface area contributed by atoms with Crippen molar-refractivity contribution >= 4 is 29.0 Å². The summed E-state index contributed by atoms with van der Waals surface area (Å²) in [6.45, 7) is 3.42. The number of alkyl halides is 1. The normalized spacial score (nSPS) is 25.8. The fourth-order valence-corrected chi connectivity index (χ4v) is 2.12. The van der Waals surface area contributed by atoms with Gasteiger partial charge in [0.2, 0.25) is 0 Å². The lowest BCUT2D eigenvalue weighted by atomic mass is 10.2. The molecule has 0 radical (unpaired) electrons. The monoisotopic (exact) mass is 261 g/mol. The molecular formula is C10H13Cl2N3O. The Morgan fingerprint density at radius 1 is 1.62 bits per heavy atom. The minimum absolute atomic E-state index is 0.0314. The van der Waals surface area contributed by atoms with Crippen molar-refractivity contribution in [2.45, 2.75) is 19.1 Å². The van der Waals surface area contributed by atoms with Crippen LogP contribution in [0.2, 0.25) is 5.02 Å². The SMILES string of the molecule is CC1COC(CCl)CN1c1ncncc1Cl. The number of nitrogens with zero attached hydrogens (tertiary/aromatic N) is 3. The second-order valence-electron chi connectivity index (χ2n) is 3.81. The van der Waals surface area contributed by atoms with Gasteiger partial charge in [-0.3, -0.25) is 0 Å². The Hall–Kier alpha value is -0.580. The predicted molar refractivity (Wildman–Crippen MR) is 64.3 cm³/mol. The highest BCUT2D eigenvalue weighted by atomic mass is 35.5. The summed E-state index contributed by atoms with van der Waals surface area (Å²) in [4.78, 5) is 10.2. The summed E-state index contributed by atoms with van der Waals surface area (Å²) >= 11 is 11.9. The molecule has 1 fully saturated rings. The lowest BCUT2D eigenvalue weighted by Gasteiger charge is -2.38. The van der Waals surface area contributed by atoms with Gasteiger partial charge in [-0.25, -0.2) is 9.97 Å². The second kappa shape index (κ2) is 5.17. The molecule has 1 aromatic heterocycles. The van der Waals surface area contributed by atoms with E-state index in [4.69, 9.17) is 27.9 Å². The van der Waals surface area contributed by atoms with Gasteiger partial charge in [-0.15, -0.1) is 11.6 Å². The highest BCUT2D eigenvalue weighted by molar-refractivity contribution is 6.32. The van der Waals surface area contributed by atoms with E-state index in [-0.39, 0.29) is 12.1 Å². The van der Waals surface area contributed by atoms with Crippen molar-refractivity contribution in [1.29, 1.82) is 0 Å². The number of ether oxygens (including phenoxy) is 1. The van der Waals surface area contributed by atoms with Crippen molar-refractivity contribution < 1.29 is 4.74 Å². The molecule has 0 saturated carbocycles. The van der Waals surface area contributed by atoms with E-state index < -0.39 is 0 Å². The van der Waals surface area contributed by atoms with E-state index in [0.717, 1.165) is 5.82 Å². The van der Waals surface area contributed by atoms with Crippen LogP contribution in [0.5, 0.6) is 0 Å². The van der Waals surface area contributed by atoms with Crippen molar-refractivity contribution in [1.82, 2.24) is 9.97 Å². The molecule has 16 heavy (non-hydrogen) atoms. The van der Waals surface area contributed by atoms with Crippen LogP contribution < -0.4 is 4.90 Å². The quantitative estimate of drug-likeness (QED) is 0.764. The standard InChI is InChI=1S/C10H13Cl2N3O/c1-7-5-16-8(2-11)4-15(7)10-9(12)3-13-6-14-10/h3,6-8H,2,4-5H2,1H3. The first kappa shape index (κ1) is 11.9. The van der Waals surface area contributed by atoms with E-state index >= 15 is 0 Å². The minimum atomic E-state index is 0.0314. The van der Waals surface area contributed by atoms with E-state index in [1.54, 1.807) is 6.20 Å².